The second-order valence-electron chi connectivity index (χ2n) is 12.0. The van der Waals surface area contributed by atoms with E-state index < -0.39 is 17.7 Å². The van der Waals surface area contributed by atoms with Gasteiger partial charge in [-0.25, -0.2) is 0 Å². The molecule has 4 aromatic carbocycles. The average molecular weight is 576 g/mol. The lowest BCUT2D eigenvalue weighted by Crippen LogP contribution is -2.29. The first-order valence-electron chi connectivity index (χ1n) is 14.4. The minimum Gasteiger partial charge on any atom is -0.507 e. The topological polar surface area (TPSA) is 76.1 Å². The Morgan fingerprint density at radius 1 is 0.837 bits per heavy atom. The largest absolute Gasteiger partial charge is 0.507 e. The van der Waals surface area contributed by atoms with E-state index in [1.54, 1.807) is 18.2 Å². The zero-order chi connectivity index (χ0) is 30.7. The van der Waals surface area contributed by atoms with Crippen molar-refractivity contribution in [1.82, 2.24) is 4.90 Å². The Kier molecular flexibility index (Phi) is 8.40. The third-order valence-electron chi connectivity index (χ3n) is 7.28. The van der Waals surface area contributed by atoms with Crippen molar-refractivity contribution < 1.29 is 24.2 Å². The number of benzene rings is 4. The summed E-state index contributed by atoms with van der Waals surface area (Å²) >= 11 is 0. The molecule has 220 valence electrons. The molecule has 1 saturated heterocycles. The Bertz CT molecular complexity index is 1670. The molecule has 0 radical (unpaired) electrons. The summed E-state index contributed by atoms with van der Waals surface area (Å²) in [5, 5.41) is 11.6. The smallest absolute Gasteiger partial charge is 0.295 e. The molecular formula is C37H37NO5. The molecule has 0 bridgehead atoms. The number of hydrogen-bond donors (Lipinski definition) is 1. The molecule has 1 atom stereocenters. The number of nitrogens with zero attached hydrogens (tertiary/aromatic N) is 1. The third kappa shape index (κ3) is 6.81. The molecule has 0 spiro atoms. The number of ether oxygens (including phenoxy) is 2. The molecule has 1 aliphatic rings. The molecule has 6 nitrogen and oxygen atoms in total. The number of rotatable bonds is 8. The fourth-order valence-corrected chi connectivity index (χ4v) is 5.29. The lowest BCUT2D eigenvalue weighted by molar-refractivity contribution is -0.140. The van der Waals surface area contributed by atoms with Crippen molar-refractivity contribution in [2.45, 2.75) is 59.4 Å². The predicted molar refractivity (Wildman–Crippen MR) is 168 cm³/mol. The van der Waals surface area contributed by atoms with Gasteiger partial charge in [0, 0.05) is 12.1 Å². The van der Waals surface area contributed by atoms with Crippen LogP contribution < -0.4 is 9.47 Å². The Hall–Kier alpha value is -4.84. The van der Waals surface area contributed by atoms with Crippen molar-refractivity contribution >= 4 is 17.4 Å². The molecule has 6 heteroatoms. The molecular weight excluding hydrogens is 538 g/mol. The van der Waals surface area contributed by atoms with E-state index >= 15 is 0 Å². The van der Waals surface area contributed by atoms with E-state index in [2.05, 4.69) is 0 Å². The van der Waals surface area contributed by atoms with E-state index in [0.717, 1.165) is 33.6 Å². The molecule has 1 heterocycles. The minimum absolute atomic E-state index is 0.0700. The summed E-state index contributed by atoms with van der Waals surface area (Å²) in [6.07, 6.45) is 0. The number of ketones is 1. The first kappa shape index (κ1) is 29.6. The van der Waals surface area contributed by atoms with Crippen molar-refractivity contribution in [2.75, 3.05) is 0 Å². The van der Waals surface area contributed by atoms with Crippen LogP contribution in [0.4, 0.5) is 0 Å². The van der Waals surface area contributed by atoms with Gasteiger partial charge in [-0.05, 0) is 87.2 Å². The summed E-state index contributed by atoms with van der Waals surface area (Å²) in [5.41, 5.74) is 4.62. The summed E-state index contributed by atoms with van der Waals surface area (Å²) < 4.78 is 11.9. The molecule has 1 aliphatic heterocycles. The van der Waals surface area contributed by atoms with E-state index in [1.807, 2.05) is 113 Å². The van der Waals surface area contributed by atoms with Crippen molar-refractivity contribution in [2.24, 2.45) is 0 Å². The van der Waals surface area contributed by atoms with Crippen LogP contribution >= 0.6 is 0 Å². The van der Waals surface area contributed by atoms with Crippen LogP contribution in [0.2, 0.25) is 0 Å². The summed E-state index contributed by atoms with van der Waals surface area (Å²) in [6.45, 7) is 10.4. The summed E-state index contributed by atoms with van der Waals surface area (Å²) in [4.78, 5) is 28.6. The molecule has 1 fully saturated rings. The van der Waals surface area contributed by atoms with E-state index in [1.165, 1.54) is 4.90 Å². The monoisotopic (exact) mass is 575 g/mol. The van der Waals surface area contributed by atoms with Gasteiger partial charge in [-0.3, -0.25) is 9.59 Å². The highest BCUT2D eigenvalue weighted by molar-refractivity contribution is 6.46. The normalized spacial score (nSPS) is 16.4. The first-order chi connectivity index (χ1) is 20.5. The fraction of sp³-hybridized carbons (Fsp3) is 0.243. The zero-order valence-electron chi connectivity index (χ0n) is 25.3. The number of carbonyl (C=O) groups excluding carboxylic acids is 2. The number of carbonyl (C=O) groups is 2. The highest BCUT2D eigenvalue weighted by atomic mass is 16.5. The van der Waals surface area contributed by atoms with Crippen molar-refractivity contribution in [3.05, 3.63) is 136 Å². The molecule has 5 rings (SSSR count). The number of hydrogen-bond acceptors (Lipinski definition) is 5. The van der Waals surface area contributed by atoms with E-state index in [9.17, 15) is 14.7 Å². The molecule has 1 N–H and O–H groups in total. The third-order valence-corrected chi connectivity index (χ3v) is 7.28. The van der Waals surface area contributed by atoms with Crippen LogP contribution in [0.1, 0.15) is 60.2 Å². The van der Waals surface area contributed by atoms with Gasteiger partial charge < -0.3 is 19.5 Å². The molecule has 4 aromatic rings. The molecule has 0 aliphatic carbocycles. The predicted octanol–water partition coefficient (Wildman–Crippen LogP) is 7.68. The minimum atomic E-state index is -0.750. The summed E-state index contributed by atoms with van der Waals surface area (Å²) in [7, 11) is 0. The van der Waals surface area contributed by atoms with Crippen LogP contribution in [0.25, 0.3) is 5.76 Å². The lowest BCUT2D eigenvalue weighted by atomic mass is 9.94. The van der Waals surface area contributed by atoms with Crippen molar-refractivity contribution in [1.29, 1.82) is 0 Å². The SMILES string of the molecule is Cc1cccc(C2/C(=C(/O)c3ccc(OCc4ccccc4)c(C)c3)C(=O)C(=O)N2Cc2ccc(OC(C)(C)C)cc2)c1. The van der Waals surface area contributed by atoms with Crippen LogP contribution in [0.3, 0.4) is 0 Å². The number of aliphatic hydroxyl groups is 1. The first-order valence-corrected chi connectivity index (χ1v) is 14.4. The van der Waals surface area contributed by atoms with Crippen LogP contribution in [0, 0.1) is 13.8 Å². The lowest BCUT2D eigenvalue weighted by Gasteiger charge is -2.26. The highest BCUT2D eigenvalue weighted by Crippen LogP contribution is 2.41. The second kappa shape index (κ2) is 12.2. The summed E-state index contributed by atoms with van der Waals surface area (Å²) in [5.74, 6) is -0.171. The van der Waals surface area contributed by atoms with Gasteiger partial charge in [0.25, 0.3) is 11.7 Å². The van der Waals surface area contributed by atoms with Gasteiger partial charge in [-0.1, -0.05) is 72.3 Å². The van der Waals surface area contributed by atoms with E-state index in [-0.39, 0.29) is 23.5 Å². The van der Waals surface area contributed by atoms with Gasteiger partial charge in [-0.15, -0.1) is 0 Å². The number of aryl methyl sites for hydroxylation is 2. The van der Waals surface area contributed by atoms with Crippen LogP contribution in [0.5, 0.6) is 11.5 Å². The van der Waals surface area contributed by atoms with Crippen LogP contribution in [0.15, 0.2) is 103 Å². The van der Waals surface area contributed by atoms with Gasteiger partial charge in [0.15, 0.2) is 0 Å². The average Bonchev–Trinajstić information content (AvgIpc) is 3.22. The molecule has 0 aromatic heterocycles. The number of aliphatic hydroxyl groups excluding tert-OH is 1. The van der Waals surface area contributed by atoms with Gasteiger partial charge in [0.1, 0.15) is 29.5 Å². The Morgan fingerprint density at radius 3 is 2.21 bits per heavy atom. The molecule has 1 unspecified atom stereocenters. The van der Waals surface area contributed by atoms with Gasteiger partial charge in [0.2, 0.25) is 0 Å². The molecule has 43 heavy (non-hydrogen) atoms. The van der Waals surface area contributed by atoms with E-state index in [4.69, 9.17) is 9.47 Å². The maximum absolute atomic E-state index is 13.6. The van der Waals surface area contributed by atoms with Gasteiger partial charge >= 0.3 is 0 Å². The second-order valence-corrected chi connectivity index (χ2v) is 12.0. The van der Waals surface area contributed by atoms with Crippen LogP contribution in [-0.2, 0) is 22.7 Å². The standard InChI is InChI=1S/C37H37NO5/c1-24-10-9-13-28(20-24)33-32(34(39)29-16-19-31(25(2)21-29)42-23-27-11-7-6-8-12-27)35(40)36(41)38(33)22-26-14-17-30(18-15-26)43-37(3,4)5/h6-21,33,39H,22-23H2,1-5H3/b34-32-. The number of Topliss-reactive ketones (excluding diaryl/α,β-unsaturated/α-hetero) is 1. The highest BCUT2D eigenvalue weighted by Gasteiger charge is 2.46. The molecule has 0 saturated carbocycles. The van der Waals surface area contributed by atoms with Gasteiger partial charge in [-0.2, -0.15) is 0 Å². The van der Waals surface area contributed by atoms with Crippen LogP contribution in [-0.4, -0.2) is 27.3 Å². The molecule has 1 amide bonds. The Labute approximate surface area is 253 Å². The maximum atomic E-state index is 13.6. The van der Waals surface area contributed by atoms with E-state index in [0.29, 0.717) is 17.9 Å². The quantitative estimate of drug-likeness (QED) is 0.132. The zero-order valence-corrected chi connectivity index (χ0v) is 25.3. The Balaban J connectivity index is 1.48. The number of amides is 1. The fourth-order valence-electron chi connectivity index (χ4n) is 5.29. The van der Waals surface area contributed by atoms with Gasteiger partial charge in [0.05, 0.1) is 11.6 Å². The Morgan fingerprint density at radius 2 is 1.56 bits per heavy atom. The van der Waals surface area contributed by atoms with Crippen molar-refractivity contribution in [3.8, 4) is 11.5 Å². The maximum Gasteiger partial charge on any atom is 0.295 e. The number of likely N-dealkylation sites (tertiary alicyclic amines) is 1. The van der Waals surface area contributed by atoms with Crippen molar-refractivity contribution in [3.63, 3.8) is 0 Å². The summed E-state index contributed by atoms with van der Waals surface area (Å²) in [6, 6.07) is 29.6.